The number of nitrogens with zero attached hydrogens (tertiary/aromatic N) is 2. The van der Waals surface area contributed by atoms with E-state index in [1.807, 2.05) is 18.0 Å². The molecule has 0 radical (unpaired) electrons. The molecule has 0 aliphatic carbocycles. The van der Waals surface area contributed by atoms with Gasteiger partial charge < -0.3 is 4.90 Å². The predicted octanol–water partition coefficient (Wildman–Crippen LogP) is 4.45. The second kappa shape index (κ2) is 6.19. The van der Waals surface area contributed by atoms with Crippen LogP contribution in [0.5, 0.6) is 0 Å². The third-order valence-electron chi connectivity index (χ3n) is 3.59. The lowest BCUT2D eigenvalue weighted by Crippen LogP contribution is -2.34. The van der Waals surface area contributed by atoms with Crippen LogP contribution in [0.2, 0.25) is 0 Å². The van der Waals surface area contributed by atoms with E-state index in [-0.39, 0.29) is 0 Å². The maximum absolute atomic E-state index is 4.56. The summed E-state index contributed by atoms with van der Waals surface area (Å²) < 4.78 is 1.08. The van der Waals surface area contributed by atoms with Gasteiger partial charge in [0.15, 0.2) is 0 Å². The normalized spacial score (nSPS) is 19.1. The molecule has 0 spiro atoms. The molecule has 2 nitrogen and oxygen atoms in total. The molecule has 1 atom stereocenters. The van der Waals surface area contributed by atoms with Crippen molar-refractivity contribution in [3.8, 4) is 0 Å². The van der Waals surface area contributed by atoms with E-state index in [9.17, 15) is 0 Å². The molecule has 1 saturated heterocycles. The summed E-state index contributed by atoms with van der Waals surface area (Å²) in [5.74, 6) is 2.24. The quantitative estimate of drug-likeness (QED) is 0.797. The molecule has 1 aliphatic rings. The number of aryl methyl sites for hydroxylation is 1. The van der Waals surface area contributed by atoms with Gasteiger partial charge in [-0.15, -0.1) is 0 Å². The average molecular weight is 349 g/mol. The van der Waals surface area contributed by atoms with Gasteiger partial charge in [0.05, 0.1) is 0 Å². The molecule has 104 valence electrons. The Morgan fingerprint density at radius 2 is 2.10 bits per heavy atom. The van der Waals surface area contributed by atoms with Gasteiger partial charge in [0.2, 0.25) is 0 Å². The summed E-state index contributed by atoms with van der Waals surface area (Å²) in [6.07, 6.45) is 1.91. The third kappa shape index (κ3) is 3.01. The van der Waals surface area contributed by atoms with E-state index in [2.05, 4.69) is 69.1 Å². The van der Waals surface area contributed by atoms with E-state index in [0.29, 0.717) is 5.25 Å². The molecule has 20 heavy (non-hydrogen) atoms. The van der Waals surface area contributed by atoms with Gasteiger partial charge in [-0.05, 0) is 40.0 Å². The number of hydrogen-bond donors (Lipinski definition) is 0. The molecule has 2 aromatic rings. The lowest BCUT2D eigenvalue weighted by Gasteiger charge is -2.33. The number of anilines is 1. The highest BCUT2D eigenvalue weighted by atomic mass is 79.9. The van der Waals surface area contributed by atoms with Crippen LogP contribution in [0.3, 0.4) is 0 Å². The number of pyridine rings is 1. The topological polar surface area (TPSA) is 16.1 Å². The summed E-state index contributed by atoms with van der Waals surface area (Å²) >= 11 is 5.56. The molecule has 1 fully saturated rings. The monoisotopic (exact) mass is 348 g/mol. The molecule has 0 amide bonds. The first-order valence-electron chi connectivity index (χ1n) is 6.77. The number of aromatic nitrogens is 1. The van der Waals surface area contributed by atoms with Crippen LogP contribution in [-0.2, 0) is 0 Å². The molecule has 1 aromatic carbocycles. The second-order valence-electron chi connectivity index (χ2n) is 5.01. The first-order chi connectivity index (χ1) is 9.74. The molecule has 1 unspecified atom stereocenters. The van der Waals surface area contributed by atoms with E-state index < -0.39 is 0 Å². The zero-order valence-electron chi connectivity index (χ0n) is 11.4. The van der Waals surface area contributed by atoms with Gasteiger partial charge in [-0.25, -0.2) is 4.98 Å². The molecular formula is C16H17BrN2S. The summed E-state index contributed by atoms with van der Waals surface area (Å²) in [6.45, 7) is 4.22. The van der Waals surface area contributed by atoms with E-state index >= 15 is 0 Å². The van der Waals surface area contributed by atoms with Crippen molar-refractivity contribution in [2.75, 3.05) is 23.7 Å². The standard InChI is InChI=1S/C16H17BrN2S/c1-12-9-16(18-10-14(12)17)19-7-8-20-15(11-19)13-5-3-2-4-6-13/h2-6,9-10,15H,7-8,11H2,1H3. The number of halogens is 1. The Bertz CT molecular complexity index is 588. The van der Waals surface area contributed by atoms with Crippen molar-refractivity contribution in [3.05, 3.63) is 58.2 Å². The Kier molecular flexibility index (Phi) is 4.32. The zero-order chi connectivity index (χ0) is 13.9. The Labute approximate surface area is 132 Å². The summed E-state index contributed by atoms with van der Waals surface area (Å²) in [6, 6.07) is 12.9. The maximum Gasteiger partial charge on any atom is 0.128 e. The number of thioether (sulfide) groups is 1. The van der Waals surface area contributed by atoms with Crippen LogP contribution in [0, 0.1) is 6.92 Å². The average Bonchev–Trinajstić information content (AvgIpc) is 2.51. The lowest BCUT2D eigenvalue weighted by molar-refractivity contribution is 0.763. The van der Waals surface area contributed by atoms with Crippen molar-refractivity contribution in [2.45, 2.75) is 12.2 Å². The van der Waals surface area contributed by atoms with Crippen LogP contribution in [0.4, 0.5) is 5.82 Å². The highest BCUT2D eigenvalue weighted by Crippen LogP contribution is 2.34. The van der Waals surface area contributed by atoms with Gasteiger partial charge in [-0.3, -0.25) is 0 Å². The molecule has 3 rings (SSSR count). The van der Waals surface area contributed by atoms with Gasteiger partial charge in [0, 0.05) is 34.8 Å². The minimum absolute atomic E-state index is 0.538. The SMILES string of the molecule is Cc1cc(N2CCSC(c3ccccc3)C2)ncc1Br. The number of benzene rings is 1. The van der Waals surface area contributed by atoms with Crippen molar-refractivity contribution < 1.29 is 0 Å². The van der Waals surface area contributed by atoms with E-state index in [1.54, 1.807) is 0 Å². The first-order valence-corrected chi connectivity index (χ1v) is 8.62. The van der Waals surface area contributed by atoms with Crippen LogP contribution in [0.1, 0.15) is 16.4 Å². The van der Waals surface area contributed by atoms with Gasteiger partial charge in [0.25, 0.3) is 0 Å². The minimum Gasteiger partial charge on any atom is -0.354 e. The first kappa shape index (κ1) is 14.0. The largest absolute Gasteiger partial charge is 0.354 e. The third-order valence-corrected chi connectivity index (χ3v) is 5.67. The smallest absolute Gasteiger partial charge is 0.128 e. The van der Waals surface area contributed by atoms with E-state index in [1.165, 1.54) is 11.1 Å². The fraction of sp³-hybridized carbons (Fsp3) is 0.312. The van der Waals surface area contributed by atoms with Crippen molar-refractivity contribution in [1.29, 1.82) is 0 Å². The lowest BCUT2D eigenvalue weighted by atomic mass is 10.1. The van der Waals surface area contributed by atoms with Crippen LogP contribution >= 0.6 is 27.7 Å². The molecule has 1 aliphatic heterocycles. The number of rotatable bonds is 2. The summed E-state index contributed by atoms with van der Waals surface area (Å²) in [5, 5.41) is 0.538. The molecule has 4 heteroatoms. The second-order valence-corrected chi connectivity index (χ2v) is 7.17. The van der Waals surface area contributed by atoms with Crippen LogP contribution in [0.15, 0.2) is 47.1 Å². The van der Waals surface area contributed by atoms with Crippen LogP contribution in [-0.4, -0.2) is 23.8 Å². The van der Waals surface area contributed by atoms with Crippen molar-refractivity contribution in [2.24, 2.45) is 0 Å². The molecule has 1 aromatic heterocycles. The van der Waals surface area contributed by atoms with Crippen LogP contribution < -0.4 is 4.90 Å². The molecule has 2 heterocycles. The Morgan fingerprint density at radius 3 is 2.85 bits per heavy atom. The van der Waals surface area contributed by atoms with Gasteiger partial charge in [-0.2, -0.15) is 11.8 Å². The molecule has 0 saturated carbocycles. The Balaban J connectivity index is 1.79. The highest BCUT2D eigenvalue weighted by molar-refractivity contribution is 9.10. The fourth-order valence-corrected chi connectivity index (χ4v) is 3.89. The summed E-state index contributed by atoms with van der Waals surface area (Å²) in [5.41, 5.74) is 2.65. The molecule has 0 bridgehead atoms. The van der Waals surface area contributed by atoms with E-state index in [0.717, 1.165) is 29.1 Å². The van der Waals surface area contributed by atoms with Gasteiger partial charge in [0.1, 0.15) is 5.82 Å². The van der Waals surface area contributed by atoms with Gasteiger partial charge in [-0.1, -0.05) is 30.3 Å². The Morgan fingerprint density at radius 1 is 1.30 bits per heavy atom. The molecular weight excluding hydrogens is 332 g/mol. The summed E-state index contributed by atoms with van der Waals surface area (Å²) in [7, 11) is 0. The zero-order valence-corrected chi connectivity index (χ0v) is 13.8. The maximum atomic E-state index is 4.56. The van der Waals surface area contributed by atoms with Gasteiger partial charge >= 0.3 is 0 Å². The van der Waals surface area contributed by atoms with Crippen molar-refractivity contribution in [3.63, 3.8) is 0 Å². The minimum atomic E-state index is 0.538. The van der Waals surface area contributed by atoms with Crippen LogP contribution in [0.25, 0.3) is 0 Å². The predicted molar refractivity (Wildman–Crippen MR) is 90.5 cm³/mol. The molecule has 0 N–H and O–H groups in total. The summed E-state index contributed by atoms with van der Waals surface area (Å²) in [4.78, 5) is 6.96. The Hall–Kier alpha value is -1.00. The number of hydrogen-bond acceptors (Lipinski definition) is 3. The van der Waals surface area contributed by atoms with Crippen molar-refractivity contribution in [1.82, 2.24) is 4.98 Å². The van der Waals surface area contributed by atoms with E-state index in [4.69, 9.17) is 0 Å². The fourth-order valence-electron chi connectivity index (χ4n) is 2.42. The highest BCUT2D eigenvalue weighted by Gasteiger charge is 2.22. The van der Waals surface area contributed by atoms with Crippen molar-refractivity contribution >= 4 is 33.5 Å².